The lowest BCUT2D eigenvalue weighted by Crippen LogP contribution is -2.31. The lowest BCUT2D eigenvalue weighted by atomic mass is 10.1. The van der Waals surface area contributed by atoms with Crippen LogP contribution >= 0.6 is 0 Å². The first-order valence-electron chi connectivity index (χ1n) is 6.11. The molecule has 2 N–H and O–H groups in total. The molecule has 0 amide bonds. The van der Waals surface area contributed by atoms with Gasteiger partial charge in [0, 0.05) is 12.1 Å². The van der Waals surface area contributed by atoms with Gasteiger partial charge in [-0.3, -0.25) is 0 Å². The molecule has 0 saturated heterocycles. The van der Waals surface area contributed by atoms with Gasteiger partial charge in [0.2, 0.25) is 0 Å². The fourth-order valence-electron chi connectivity index (χ4n) is 2.01. The molecule has 3 nitrogen and oxygen atoms in total. The van der Waals surface area contributed by atoms with E-state index < -0.39 is 0 Å². The molecule has 1 rings (SSSR count). The number of aliphatic hydroxyl groups excluding tert-OH is 1. The molecule has 0 radical (unpaired) electrons. The highest BCUT2D eigenvalue weighted by molar-refractivity contribution is 5.30. The highest BCUT2D eigenvalue weighted by atomic mass is 16.5. The summed E-state index contributed by atoms with van der Waals surface area (Å²) in [7, 11) is 1.67. The summed E-state index contributed by atoms with van der Waals surface area (Å²) in [5, 5.41) is 12.8. The van der Waals surface area contributed by atoms with E-state index in [-0.39, 0.29) is 18.2 Å². The van der Waals surface area contributed by atoms with Gasteiger partial charge in [-0.25, -0.2) is 0 Å². The van der Waals surface area contributed by atoms with Crippen molar-refractivity contribution in [2.75, 3.05) is 7.11 Å². The number of methoxy groups -OCH3 is 1. The minimum absolute atomic E-state index is 0.249. The number of aliphatic hydroxyl groups is 1. The Labute approximate surface area is 104 Å². The molecule has 1 aromatic carbocycles. The lowest BCUT2D eigenvalue weighted by Gasteiger charge is -2.21. The Hall–Kier alpha value is -1.06. The summed E-state index contributed by atoms with van der Waals surface area (Å²) >= 11 is 0. The monoisotopic (exact) mass is 237 g/mol. The van der Waals surface area contributed by atoms with Crippen molar-refractivity contribution in [3.05, 3.63) is 29.8 Å². The quantitative estimate of drug-likeness (QED) is 0.798. The Kier molecular flexibility index (Phi) is 5.45. The highest BCUT2D eigenvalue weighted by Gasteiger charge is 2.11. The summed E-state index contributed by atoms with van der Waals surface area (Å²) in [5.74, 6) is 0.874. The molecule has 0 spiro atoms. The average molecular weight is 237 g/mol. The van der Waals surface area contributed by atoms with Crippen molar-refractivity contribution in [1.82, 2.24) is 5.32 Å². The predicted molar refractivity (Wildman–Crippen MR) is 70.3 cm³/mol. The number of rotatable bonds is 6. The fourth-order valence-corrected chi connectivity index (χ4v) is 2.01. The lowest BCUT2D eigenvalue weighted by molar-refractivity contribution is 0.168. The molecular formula is C14H23NO2. The molecule has 3 unspecified atom stereocenters. The number of nitrogens with one attached hydrogen (secondary N) is 1. The molecule has 3 atom stereocenters. The van der Waals surface area contributed by atoms with Crippen molar-refractivity contribution in [3.8, 4) is 5.75 Å². The van der Waals surface area contributed by atoms with Crippen LogP contribution in [0.25, 0.3) is 0 Å². The van der Waals surface area contributed by atoms with E-state index in [4.69, 9.17) is 4.74 Å². The standard InChI is InChI=1S/C14H23NO2/c1-10(8-11(2)16)15-12(3)13-6-5-7-14(9-13)17-4/h5-7,9-12,15-16H,8H2,1-4H3. The molecule has 3 heteroatoms. The second-order valence-electron chi connectivity index (χ2n) is 4.65. The van der Waals surface area contributed by atoms with Crippen LogP contribution in [0.4, 0.5) is 0 Å². The van der Waals surface area contributed by atoms with E-state index in [1.807, 2.05) is 25.1 Å². The molecule has 0 heterocycles. The Bertz CT molecular complexity index is 339. The number of hydrogen-bond donors (Lipinski definition) is 2. The Balaban J connectivity index is 2.59. The third-order valence-corrected chi connectivity index (χ3v) is 2.82. The van der Waals surface area contributed by atoms with Gasteiger partial charge in [-0.1, -0.05) is 12.1 Å². The third kappa shape index (κ3) is 4.75. The van der Waals surface area contributed by atoms with Gasteiger partial charge in [0.15, 0.2) is 0 Å². The largest absolute Gasteiger partial charge is 0.497 e. The minimum atomic E-state index is -0.269. The topological polar surface area (TPSA) is 41.5 Å². The maximum Gasteiger partial charge on any atom is 0.119 e. The predicted octanol–water partition coefficient (Wildman–Crippen LogP) is 2.51. The number of hydrogen-bond acceptors (Lipinski definition) is 3. The summed E-state index contributed by atoms with van der Waals surface area (Å²) in [6.45, 7) is 6.02. The summed E-state index contributed by atoms with van der Waals surface area (Å²) in [4.78, 5) is 0. The van der Waals surface area contributed by atoms with E-state index in [0.29, 0.717) is 0 Å². The van der Waals surface area contributed by atoms with Crippen LogP contribution in [0.15, 0.2) is 24.3 Å². The van der Waals surface area contributed by atoms with Crippen molar-refractivity contribution in [3.63, 3.8) is 0 Å². The van der Waals surface area contributed by atoms with Gasteiger partial charge in [-0.15, -0.1) is 0 Å². The summed E-state index contributed by atoms with van der Waals surface area (Å²) in [5.41, 5.74) is 1.20. The zero-order valence-corrected chi connectivity index (χ0v) is 11.1. The van der Waals surface area contributed by atoms with Crippen molar-refractivity contribution < 1.29 is 9.84 Å². The molecule has 0 aliphatic rings. The maximum absolute atomic E-state index is 9.33. The molecule has 0 bridgehead atoms. The summed E-state index contributed by atoms with van der Waals surface area (Å²) in [6, 6.07) is 8.58. The Morgan fingerprint density at radius 2 is 2.00 bits per heavy atom. The Morgan fingerprint density at radius 1 is 1.29 bits per heavy atom. The zero-order valence-electron chi connectivity index (χ0n) is 11.1. The average Bonchev–Trinajstić information content (AvgIpc) is 2.27. The van der Waals surface area contributed by atoms with Crippen LogP contribution in [0.3, 0.4) is 0 Å². The first-order chi connectivity index (χ1) is 8.02. The smallest absolute Gasteiger partial charge is 0.119 e. The SMILES string of the molecule is COc1cccc(C(C)NC(C)CC(C)O)c1. The van der Waals surface area contributed by atoms with Crippen molar-refractivity contribution in [2.24, 2.45) is 0 Å². The molecule has 0 aliphatic heterocycles. The maximum atomic E-state index is 9.33. The van der Waals surface area contributed by atoms with Crippen molar-refractivity contribution in [2.45, 2.75) is 45.4 Å². The molecule has 0 saturated carbocycles. The fraction of sp³-hybridized carbons (Fsp3) is 0.571. The van der Waals surface area contributed by atoms with Gasteiger partial charge >= 0.3 is 0 Å². The van der Waals surface area contributed by atoms with Gasteiger partial charge in [0.25, 0.3) is 0 Å². The van der Waals surface area contributed by atoms with E-state index in [9.17, 15) is 5.11 Å². The van der Waals surface area contributed by atoms with Crippen LogP contribution in [0.2, 0.25) is 0 Å². The molecule has 1 aromatic rings. The van der Waals surface area contributed by atoms with Crippen molar-refractivity contribution >= 4 is 0 Å². The summed E-state index contributed by atoms with van der Waals surface area (Å²) < 4.78 is 5.21. The van der Waals surface area contributed by atoms with Crippen molar-refractivity contribution in [1.29, 1.82) is 0 Å². The summed E-state index contributed by atoms with van der Waals surface area (Å²) in [6.07, 6.45) is 0.490. The van der Waals surface area contributed by atoms with Gasteiger partial charge in [-0.2, -0.15) is 0 Å². The van der Waals surface area contributed by atoms with Gasteiger partial charge in [-0.05, 0) is 44.9 Å². The van der Waals surface area contributed by atoms with E-state index >= 15 is 0 Å². The van der Waals surface area contributed by atoms with E-state index in [2.05, 4.69) is 25.2 Å². The molecule has 96 valence electrons. The van der Waals surface area contributed by atoms with Crippen LogP contribution in [0.1, 0.15) is 38.8 Å². The van der Waals surface area contributed by atoms with Crippen LogP contribution in [0.5, 0.6) is 5.75 Å². The molecule has 0 fully saturated rings. The van der Waals surface area contributed by atoms with Crippen LogP contribution < -0.4 is 10.1 Å². The van der Waals surface area contributed by atoms with E-state index in [1.54, 1.807) is 7.11 Å². The second-order valence-corrected chi connectivity index (χ2v) is 4.65. The number of ether oxygens (including phenoxy) is 1. The van der Waals surface area contributed by atoms with E-state index in [0.717, 1.165) is 12.2 Å². The second kappa shape index (κ2) is 6.62. The van der Waals surface area contributed by atoms with Crippen LogP contribution in [0, 0.1) is 0 Å². The van der Waals surface area contributed by atoms with Crippen LogP contribution in [-0.4, -0.2) is 24.4 Å². The normalized spacial score (nSPS) is 16.3. The third-order valence-electron chi connectivity index (χ3n) is 2.82. The highest BCUT2D eigenvalue weighted by Crippen LogP contribution is 2.19. The van der Waals surface area contributed by atoms with Gasteiger partial charge in [0.05, 0.1) is 13.2 Å². The van der Waals surface area contributed by atoms with Crippen LogP contribution in [-0.2, 0) is 0 Å². The minimum Gasteiger partial charge on any atom is -0.497 e. The molecular weight excluding hydrogens is 214 g/mol. The van der Waals surface area contributed by atoms with E-state index in [1.165, 1.54) is 5.56 Å². The van der Waals surface area contributed by atoms with Gasteiger partial charge < -0.3 is 15.2 Å². The first kappa shape index (κ1) is 14.0. The number of benzene rings is 1. The first-order valence-corrected chi connectivity index (χ1v) is 6.11. The molecule has 0 aliphatic carbocycles. The zero-order chi connectivity index (χ0) is 12.8. The molecule has 17 heavy (non-hydrogen) atoms. The Morgan fingerprint density at radius 3 is 2.59 bits per heavy atom. The van der Waals surface area contributed by atoms with Gasteiger partial charge in [0.1, 0.15) is 5.75 Å². The molecule has 0 aromatic heterocycles.